The van der Waals surface area contributed by atoms with Crippen LogP contribution in [0.15, 0.2) is 213 Å². The molecule has 0 spiro atoms. The number of benzene rings is 10. The number of hydrogen-bond acceptors (Lipinski definition) is 2. The van der Waals surface area contributed by atoms with Gasteiger partial charge in [0.2, 0.25) is 0 Å². The van der Waals surface area contributed by atoms with E-state index in [2.05, 4.69) is 292 Å². The molecular weight excluding hydrogens is 1140 g/mol. The molecule has 0 radical (unpaired) electrons. The van der Waals surface area contributed by atoms with Crippen LogP contribution in [0.2, 0.25) is 0 Å². The van der Waals surface area contributed by atoms with Crippen LogP contribution < -0.4 is 32.8 Å². The van der Waals surface area contributed by atoms with Crippen LogP contribution in [0.25, 0.3) is 132 Å². The maximum Gasteiger partial charge on any atom is 0.252 e. The first-order valence-electron chi connectivity index (χ1n) is 33.8. The number of hydrogen-bond donors (Lipinski definition) is 0. The molecule has 0 fully saturated rings. The lowest BCUT2D eigenvalue weighted by molar-refractivity contribution is 0.523. The van der Waals surface area contributed by atoms with Crippen LogP contribution in [0.5, 0.6) is 0 Å². The highest BCUT2D eigenvalue weighted by molar-refractivity contribution is 7.01. The van der Waals surface area contributed by atoms with E-state index in [1.807, 2.05) is 24.8 Å². The molecule has 0 unspecified atom stereocenters. The predicted octanol–water partition coefficient (Wildman–Crippen LogP) is 16.9. The van der Waals surface area contributed by atoms with Crippen molar-refractivity contribution in [1.82, 2.24) is 28.2 Å². The molecule has 16 aromatic rings. The molecule has 20 rings (SSSR count). The monoisotopic (exact) mass is 1210 g/mol. The van der Waals surface area contributed by atoms with Gasteiger partial charge >= 0.3 is 0 Å². The van der Waals surface area contributed by atoms with Crippen molar-refractivity contribution in [2.45, 2.75) is 104 Å². The highest BCUT2D eigenvalue weighted by Gasteiger charge is 2.45. The summed E-state index contributed by atoms with van der Waals surface area (Å²) < 4.78 is 10.5. The fourth-order valence-electron chi connectivity index (χ4n) is 17.9. The normalized spacial score (nSPS) is 13.9. The summed E-state index contributed by atoms with van der Waals surface area (Å²) in [4.78, 5) is 9.16. The van der Waals surface area contributed by atoms with Crippen LogP contribution in [-0.2, 0) is 28.1 Å². The van der Waals surface area contributed by atoms with Crippen molar-refractivity contribution in [1.29, 1.82) is 0 Å². The Bertz CT molecular complexity index is 6110. The molecule has 0 bridgehead atoms. The maximum atomic E-state index is 4.65. The molecule has 0 saturated heterocycles. The van der Waals surface area contributed by atoms with Gasteiger partial charge in [0.1, 0.15) is 0 Å². The van der Waals surface area contributed by atoms with E-state index in [0.717, 1.165) is 17.5 Å². The van der Waals surface area contributed by atoms with Crippen LogP contribution in [0, 0.1) is 0 Å². The average Bonchev–Trinajstić information content (AvgIpc) is 1.46. The summed E-state index contributed by atoms with van der Waals surface area (Å²) in [5, 5.41) is 10.5. The number of nitrogens with zero attached hydrogens (tertiary/aromatic N) is 6. The number of rotatable bonds is 5. The van der Waals surface area contributed by atoms with Crippen LogP contribution in [0.1, 0.15) is 104 Å². The smallest absolute Gasteiger partial charge is 0.252 e. The molecule has 0 saturated carbocycles. The Hall–Kier alpha value is -10.2. The summed E-state index contributed by atoms with van der Waals surface area (Å²) in [6.07, 6.45) is 8.63. The second-order valence-electron chi connectivity index (χ2n) is 31.6. The molecule has 6 nitrogen and oxygen atoms in total. The van der Waals surface area contributed by atoms with Crippen LogP contribution in [-0.4, -0.2) is 41.7 Å². The predicted molar refractivity (Wildman–Crippen MR) is 399 cm³/mol. The van der Waals surface area contributed by atoms with Gasteiger partial charge in [-0.3, -0.25) is 9.97 Å². The Morgan fingerprint density at radius 2 is 0.755 bits per heavy atom. The second kappa shape index (κ2) is 18.1. The van der Waals surface area contributed by atoms with E-state index in [9.17, 15) is 0 Å². The fourth-order valence-corrected chi connectivity index (χ4v) is 17.9. The van der Waals surface area contributed by atoms with Gasteiger partial charge in [0, 0.05) is 118 Å². The summed E-state index contributed by atoms with van der Waals surface area (Å²) in [5.41, 5.74) is 34.4. The van der Waals surface area contributed by atoms with Gasteiger partial charge in [0.05, 0.1) is 22.1 Å². The first kappa shape index (κ1) is 54.4. The topological polar surface area (TPSA) is 45.5 Å². The van der Waals surface area contributed by atoms with Crippen molar-refractivity contribution < 1.29 is 0 Å². The van der Waals surface area contributed by atoms with Crippen molar-refractivity contribution in [3.63, 3.8) is 0 Å². The zero-order valence-corrected chi connectivity index (χ0v) is 55.3. The lowest BCUT2D eigenvalue weighted by Gasteiger charge is -2.36. The molecule has 0 atom stereocenters. The summed E-state index contributed by atoms with van der Waals surface area (Å²) in [7, 11) is 0. The van der Waals surface area contributed by atoms with Crippen molar-refractivity contribution in [2.75, 3.05) is 0 Å². The van der Waals surface area contributed by atoms with Gasteiger partial charge in [-0.2, -0.15) is 0 Å². The second-order valence-corrected chi connectivity index (χ2v) is 31.6. The van der Waals surface area contributed by atoms with E-state index >= 15 is 0 Å². The number of para-hydroxylation sites is 3. The highest BCUT2D eigenvalue weighted by Crippen LogP contribution is 2.47. The van der Waals surface area contributed by atoms with Gasteiger partial charge < -0.3 is 18.3 Å². The molecule has 0 amide bonds. The zero-order valence-electron chi connectivity index (χ0n) is 55.3. The molecule has 10 aromatic carbocycles. The van der Waals surface area contributed by atoms with Crippen LogP contribution in [0.4, 0.5) is 0 Å². The van der Waals surface area contributed by atoms with E-state index in [4.69, 9.17) is 0 Å². The Kier molecular flexibility index (Phi) is 10.5. The number of aromatic nitrogens is 6. The van der Waals surface area contributed by atoms with Crippen LogP contribution in [0.3, 0.4) is 0 Å². The Balaban J connectivity index is 0.778. The first-order chi connectivity index (χ1) is 45.3. The van der Waals surface area contributed by atoms with Gasteiger partial charge in [0.25, 0.3) is 13.4 Å². The molecule has 4 aliphatic rings. The minimum absolute atomic E-state index is 0.00195. The van der Waals surface area contributed by atoms with E-state index < -0.39 is 0 Å². The highest BCUT2D eigenvalue weighted by atomic mass is 15.1. The van der Waals surface area contributed by atoms with Gasteiger partial charge in [-0.15, -0.1) is 0 Å². The molecule has 0 aliphatic carbocycles. The van der Waals surface area contributed by atoms with Crippen molar-refractivity contribution in [3.8, 4) is 45.0 Å². The minimum atomic E-state index is -0.237. The first-order valence-corrected chi connectivity index (χ1v) is 33.8. The average molecular weight is 1210 g/mol. The van der Waals surface area contributed by atoms with E-state index in [1.165, 1.54) is 182 Å². The third kappa shape index (κ3) is 7.18. The Labute approximate surface area is 548 Å². The van der Waals surface area contributed by atoms with Crippen LogP contribution >= 0.6 is 0 Å². The fraction of sp³-hybridized carbons (Fsp3) is 0.186. The summed E-state index contributed by atoms with van der Waals surface area (Å²) >= 11 is 0. The summed E-state index contributed by atoms with van der Waals surface area (Å²) in [5.74, 6) is 0. The molecule has 8 heteroatoms. The van der Waals surface area contributed by atoms with E-state index in [0.29, 0.717) is 0 Å². The van der Waals surface area contributed by atoms with Crippen molar-refractivity contribution in [3.05, 3.63) is 241 Å². The van der Waals surface area contributed by atoms with E-state index in [-0.39, 0.29) is 35.1 Å². The maximum absolute atomic E-state index is 4.65. The lowest BCUT2D eigenvalue weighted by atomic mass is 9.34. The number of fused-ring (bicyclic) bond motifs is 20. The van der Waals surface area contributed by atoms with Crippen molar-refractivity contribution >= 4 is 133 Å². The third-order valence-corrected chi connectivity index (χ3v) is 22.5. The van der Waals surface area contributed by atoms with Gasteiger partial charge in [-0.1, -0.05) is 167 Å². The summed E-state index contributed by atoms with van der Waals surface area (Å²) in [6.45, 7) is 26.4. The van der Waals surface area contributed by atoms with Crippen molar-refractivity contribution in [2.24, 2.45) is 0 Å². The quantitative estimate of drug-likeness (QED) is 0.161. The molecular formula is C86H70B2N6. The van der Waals surface area contributed by atoms with Gasteiger partial charge in [-0.25, -0.2) is 0 Å². The molecule has 6 aromatic heterocycles. The van der Waals surface area contributed by atoms with Gasteiger partial charge in [-0.05, 0) is 202 Å². The molecule has 10 heterocycles. The summed E-state index contributed by atoms with van der Waals surface area (Å²) in [6, 6.07) is 74.0. The number of pyridine rings is 2. The molecule has 94 heavy (non-hydrogen) atoms. The van der Waals surface area contributed by atoms with Gasteiger partial charge in [0.15, 0.2) is 0 Å². The Morgan fingerprint density at radius 3 is 1.30 bits per heavy atom. The minimum Gasteiger partial charge on any atom is -0.310 e. The zero-order chi connectivity index (χ0) is 63.5. The Morgan fingerprint density at radius 1 is 0.309 bits per heavy atom. The molecule has 4 aliphatic heterocycles. The molecule has 0 N–H and O–H groups in total. The third-order valence-electron chi connectivity index (χ3n) is 22.5. The van der Waals surface area contributed by atoms with E-state index in [1.54, 1.807) is 0 Å². The standard InChI is InChI=1S/C86H70B2N6/c1-83(2,3)53-25-28-71-61(40-53)63-42-55(84(4,5)6)44-67-81(63)93(71)73-36-51(49-30-33-89-34-31-49)37-74-78(73)88(67)68-45-56(85(7,8)9)43-64-62-41-54(26-29-72(62)94(74)82(64)68)86(10,11)46-48-24-27-70-60(35-48)59-20-15-22-66-80(59)92(70)76-39-52(50-17-16-32-90-47-50)38-75-77(76)87(66)65-21-14-19-58-57-18-12-13-23-69(57)91(75)79(58)65/h12-45,47H,46H2,1-11H3. The SMILES string of the molecule is CC(C)(C)c1ccc2c(c1)c1cc(C(C)(C)C)cc3c1n2-c1cc(-c2ccncc2)cc2c1B3c1cc(C(C)(C)C)cc3c4cc(C(C)(C)Cc5ccc6c(c5)c5cccc7c5n6-c5cc(-c6cccnc6)cc6c5B7c5cccc7c8ccccc8n-6c57)ccc4n-2c13. The lowest BCUT2D eigenvalue weighted by Crippen LogP contribution is -2.59. The molecule has 450 valence electrons. The largest absolute Gasteiger partial charge is 0.310 e.